The fourth-order valence-corrected chi connectivity index (χ4v) is 6.40. The number of rotatable bonds is 7. The van der Waals surface area contributed by atoms with Gasteiger partial charge in [0.05, 0.1) is 11.0 Å². The molecule has 0 spiro atoms. The van der Waals surface area contributed by atoms with E-state index in [2.05, 4.69) is 88.4 Å². The number of benzene rings is 6. The lowest BCUT2D eigenvalue weighted by atomic mass is 9.98. The SMILES string of the molecule is c1ccc(-c2nc(-c3ccccc3)nc(-c3cccc(-c4ccc(-c5ccc6c(c5)nc(-c5ccccn5)n6-c5ccccc5)cc4)c3)n2)cc1. The second kappa shape index (κ2) is 13.1. The summed E-state index contributed by atoms with van der Waals surface area (Å²) in [6.45, 7) is 0. The Balaban J connectivity index is 1.06. The monoisotopic (exact) mass is 654 g/mol. The molecule has 0 fully saturated rings. The zero-order valence-corrected chi connectivity index (χ0v) is 27.5. The van der Waals surface area contributed by atoms with Crippen LogP contribution in [0.2, 0.25) is 0 Å². The van der Waals surface area contributed by atoms with Crippen molar-refractivity contribution in [3.05, 3.63) is 182 Å². The Bertz CT molecular complexity index is 2540. The average molecular weight is 655 g/mol. The summed E-state index contributed by atoms with van der Waals surface area (Å²) in [5.41, 5.74) is 11.0. The summed E-state index contributed by atoms with van der Waals surface area (Å²) in [6.07, 6.45) is 1.81. The van der Waals surface area contributed by atoms with Crippen LogP contribution in [-0.2, 0) is 0 Å². The molecule has 240 valence electrons. The predicted molar refractivity (Wildman–Crippen MR) is 205 cm³/mol. The number of fused-ring (bicyclic) bond motifs is 1. The van der Waals surface area contributed by atoms with Gasteiger partial charge in [-0.1, -0.05) is 133 Å². The van der Waals surface area contributed by atoms with Crippen molar-refractivity contribution in [3.8, 4) is 73.6 Å². The summed E-state index contributed by atoms with van der Waals surface area (Å²) in [4.78, 5) is 24.4. The summed E-state index contributed by atoms with van der Waals surface area (Å²) in [5.74, 6) is 2.74. The van der Waals surface area contributed by atoms with E-state index in [0.717, 1.165) is 67.2 Å². The molecule has 0 N–H and O–H groups in total. The van der Waals surface area contributed by atoms with Crippen LogP contribution in [0.5, 0.6) is 0 Å². The van der Waals surface area contributed by atoms with E-state index >= 15 is 0 Å². The maximum atomic E-state index is 5.08. The highest BCUT2D eigenvalue weighted by atomic mass is 15.1. The van der Waals surface area contributed by atoms with Gasteiger partial charge >= 0.3 is 0 Å². The summed E-state index contributed by atoms with van der Waals surface area (Å²) >= 11 is 0. The van der Waals surface area contributed by atoms with E-state index in [-0.39, 0.29) is 0 Å². The van der Waals surface area contributed by atoms with Crippen LogP contribution in [0.4, 0.5) is 0 Å². The Labute approximate surface area is 295 Å². The molecule has 9 aromatic rings. The normalized spacial score (nSPS) is 11.1. The lowest BCUT2D eigenvalue weighted by Crippen LogP contribution is -2.00. The van der Waals surface area contributed by atoms with Gasteiger partial charge in [0.25, 0.3) is 0 Å². The molecular formula is C45H30N6. The van der Waals surface area contributed by atoms with Crippen molar-refractivity contribution in [3.63, 3.8) is 0 Å². The molecule has 0 bridgehead atoms. The third kappa shape index (κ3) is 5.96. The van der Waals surface area contributed by atoms with Crippen LogP contribution in [0.25, 0.3) is 84.7 Å². The predicted octanol–water partition coefficient (Wildman–Crippen LogP) is 10.6. The van der Waals surface area contributed by atoms with Gasteiger partial charge in [-0.2, -0.15) is 0 Å². The molecule has 0 saturated carbocycles. The molecule has 51 heavy (non-hydrogen) atoms. The first-order valence-corrected chi connectivity index (χ1v) is 16.8. The van der Waals surface area contributed by atoms with E-state index in [1.54, 1.807) is 6.20 Å². The molecular weight excluding hydrogens is 625 g/mol. The van der Waals surface area contributed by atoms with Crippen molar-refractivity contribution < 1.29 is 0 Å². The maximum absolute atomic E-state index is 5.08. The topological polar surface area (TPSA) is 69.4 Å². The van der Waals surface area contributed by atoms with Crippen LogP contribution in [-0.4, -0.2) is 29.5 Å². The van der Waals surface area contributed by atoms with Crippen LogP contribution in [0.15, 0.2) is 182 Å². The molecule has 0 radical (unpaired) electrons. The Morgan fingerprint density at radius 1 is 0.353 bits per heavy atom. The standard InChI is InChI=1S/C45H30N6/c1-4-13-33(14-5-1)42-48-43(34-15-6-2-7-16-34)50-44(49-42)37-18-12-17-35(29-37)31-22-24-32(25-23-31)36-26-27-41-40(30-36)47-45(39-21-10-11-28-46-39)51(41)38-19-8-3-9-20-38/h1-30H. The Morgan fingerprint density at radius 3 is 1.47 bits per heavy atom. The van der Waals surface area contributed by atoms with Crippen molar-refractivity contribution in [2.45, 2.75) is 0 Å². The van der Waals surface area contributed by atoms with Crippen LogP contribution < -0.4 is 0 Å². The molecule has 9 rings (SSSR count). The lowest BCUT2D eigenvalue weighted by molar-refractivity contribution is 1.07. The van der Waals surface area contributed by atoms with Gasteiger partial charge in [0.1, 0.15) is 5.69 Å². The number of para-hydroxylation sites is 1. The van der Waals surface area contributed by atoms with Gasteiger partial charge in [0, 0.05) is 28.6 Å². The third-order valence-corrected chi connectivity index (χ3v) is 8.93. The molecule has 3 aromatic heterocycles. The largest absolute Gasteiger partial charge is 0.291 e. The van der Waals surface area contributed by atoms with Crippen molar-refractivity contribution in [1.29, 1.82) is 0 Å². The first-order valence-electron chi connectivity index (χ1n) is 16.8. The van der Waals surface area contributed by atoms with Gasteiger partial charge in [0.2, 0.25) is 0 Å². The minimum atomic E-state index is 0.634. The number of hydrogen-bond acceptors (Lipinski definition) is 5. The summed E-state index contributed by atoms with van der Waals surface area (Å²) in [5, 5.41) is 0. The average Bonchev–Trinajstić information content (AvgIpc) is 3.61. The number of aromatic nitrogens is 6. The molecule has 0 atom stereocenters. The number of nitrogens with zero attached hydrogens (tertiary/aromatic N) is 6. The van der Waals surface area contributed by atoms with Gasteiger partial charge in [-0.25, -0.2) is 19.9 Å². The molecule has 6 aromatic carbocycles. The molecule has 0 aliphatic rings. The Morgan fingerprint density at radius 2 is 0.863 bits per heavy atom. The van der Waals surface area contributed by atoms with E-state index in [4.69, 9.17) is 19.9 Å². The van der Waals surface area contributed by atoms with E-state index in [0.29, 0.717) is 17.5 Å². The third-order valence-electron chi connectivity index (χ3n) is 8.93. The second-order valence-electron chi connectivity index (χ2n) is 12.2. The fourth-order valence-electron chi connectivity index (χ4n) is 6.40. The molecule has 6 heteroatoms. The van der Waals surface area contributed by atoms with Crippen molar-refractivity contribution in [2.75, 3.05) is 0 Å². The van der Waals surface area contributed by atoms with E-state index in [1.165, 1.54) is 0 Å². The Kier molecular flexibility index (Phi) is 7.72. The second-order valence-corrected chi connectivity index (χ2v) is 12.2. The van der Waals surface area contributed by atoms with Gasteiger partial charge in [-0.3, -0.25) is 9.55 Å². The number of hydrogen-bond donors (Lipinski definition) is 0. The van der Waals surface area contributed by atoms with Crippen LogP contribution in [0, 0.1) is 0 Å². The molecule has 3 heterocycles. The molecule has 0 aliphatic carbocycles. The highest BCUT2D eigenvalue weighted by molar-refractivity contribution is 5.87. The van der Waals surface area contributed by atoms with Crippen LogP contribution in [0.1, 0.15) is 0 Å². The fraction of sp³-hybridized carbons (Fsp3) is 0. The maximum Gasteiger partial charge on any atom is 0.164 e. The summed E-state index contributed by atoms with van der Waals surface area (Å²) in [6, 6.07) is 59.8. The van der Waals surface area contributed by atoms with Crippen molar-refractivity contribution in [2.24, 2.45) is 0 Å². The Hall–Kier alpha value is -7.05. The van der Waals surface area contributed by atoms with Gasteiger partial charge in [0.15, 0.2) is 23.3 Å². The van der Waals surface area contributed by atoms with Crippen molar-refractivity contribution >= 4 is 11.0 Å². The van der Waals surface area contributed by atoms with E-state index < -0.39 is 0 Å². The van der Waals surface area contributed by atoms with Crippen molar-refractivity contribution in [1.82, 2.24) is 29.5 Å². The van der Waals surface area contributed by atoms with E-state index in [1.807, 2.05) is 97.1 Å². The minimum absolute atomic E-state index is 0.634. The highest BCUT2D eigenvalue weighted by Crippen LogP contribution is 2.33. The van der Waals surface area contributed by atoms with E-state index in [9.17, 15) is 0 Å². The molecule has 0 amide bonds. The zero-order chi connectivity index (χ0) is 34.0. The minimum Gasteiger partial charge on any atom is -0.291 e. The first-order chi connectivity index (χ1) is 25.3. The number of imidazole rings is 1. The number of pyridine rings is 1. The summed E-state index contributed by atoms with van der Waals surface area (Å²) < 4.78 is 2.18. The quantitative estimate of drug-likeness (QED) is 0.171. The molecule has 0 saturated heterocycles. The van der Waals surface area contributed by atoms with Gasteiger partial charge in [-0.15, -0.1) is 0 Å². The van der Waals surface area contributed by atoms with Gasteiger partial charge in [-0.05, 0) is 64.7 Å². The lowest BCUT2D eigenvalue weighted by Gasteiger charge is -2.10. The zero-order valence-electron chi connectivity index (χ0n) is 27.5. The highest BCUT2D eigenvalue weighted by Gasteiger charge is 2.17. The first kappa shape index (κ1) is 30.0. The van der Waals surface area contributed by atoms with Gasteiger partial charge < -0.3 is 0 Å². The summed E-state index contributed by atoms with van der Waals surface area (Å²) in [7, 11) is 0. The molecule has 0 unspecified atom stereocenters. The van der Waals surface area contributed by atoms with Crippen LogP contribution in [0.3, 0.4) is 0 Å². The molecule has 6 nitrogen and oxygen atoms in total. The van der Waals surface area contributed by atoms with Crippen LogP contribution >= 0.6 is 0 Å². The molecule has 0 aliphatic heterocycles. The smallest absolute Gasteiger partial charge is 0.164 e.